The predicted molar refractivity (Wildman–Crippen MR) is 80.1 cm³/mol. The first-order valence-electron chi connectivity index (χ1n) is 6.97. The summed E-state index contributed by atoms with van der Waals surface area (Å²) in [6.07, 6.45) is 0.708. The molecule has 1 atom stereocenters. The lowest BCUT2D eigenvalue weighted by atomic mass is 10.0. The zero-order chi connectivity index (χ0) is 15.8. The summed E-state index contributed by atoms with van der Waals surface area (Å²) in [5.74, 6) is 0.291. The highest BCUT2D eigenvalue weighted by Crippen LogP contribution is 2.17. The van der Waals surface area contributed by atoms with Crippen LogP contribution in [0.15, 0.2) is 24.3 Å². The van der Waals surface area contributed by atoms with Crippen LogP contribution in [0.1, 0.15) is 25.8 Å². The maximum absolute atomic E-state index is 12.1. The SMILES string of the molecule is COC(=O)C(CC(C)C)NC(=O)Cc1ccccc1OC. The number of amides is 1. The van der Waals surface area contributed by atoms with Crippen molar-refractivity contribution >= 4 is 11.9 Å². The van der Waals surface area contributed by atoms with Crippen molar-refractivity contribution in [3.05, 3.63) is 29.8 Å². The Morgan fingerprint density at radius 1 is 1.19 bits per heavy atom. The molecule has 0 radical (unpaired) electrons. The third-order valence-electron chi connectivity index (χ3n) is 3.07. The highest BCUT2D eigenvalue weighted by molar-refractivity contribution is 5.85. The number of benzene rings is 1. The van der Waals surface area contributed by atoms with Gasteiger partial charge in [0.25, 0.3) is 0 Å². The summed E-state index contributed by atoms with van der Waals surface area (Å²) >= 11 is 0. The normalized spacial score (nSPS) is 11.9. The molecule has 5 nitrogen and oxygen atoms in total. The van der Waals surface area contributed by atoms with E-state index in [0.29, 0.717) is 12.2 Å². The van der Waals surface area contributed by atoms with Crippen molar-refractivity contribution in [1.82, 2.24) is 5.32 Å². The van der Waals surface area contributed by atoms with E-state index in [1.807, 2.05) is 32.0 Å². The van der Waals surface area contributed by atoms with E-state index < -0.39 is 12.0 Å². The lowest BCUT2D eigenvalue weighted by Gasteiger charge is -2.18. The monoisotopic (exact) mass is 293 g/mol. The van der Waals surface area contributed by atoms with Gasteiger partial charge in [-0.2, -0.15) is 0 Å². The van der Waals surface area contributed by atoms with Crippen molar-refractivity contribution < 1.29 is 19.1 Å². The van der Waals surface area contributed by atoms with Gasteiger partial charge in [0.1, 0.15) is 11.8 Å². The second-order valence-electron chi connectivity index (χ2n) is 5.26. The maximum Gasteiger partial charge on any atom is 0.328 e. The van der Waals surface area contributed by atoms with E-state index in [1.165, 1.54) is 7.11 Å². The van der Waals surface area contributed by atoms with Crippen LogP contribution >= 0.6 is 0 Å². The Morgan fingerprint density at radius 3 is 2.43 bits per heavy atom. The van der Waals surface area contributed by atoms with Gasteiger partial charge in [-0.25, -0.2) is 4.79 Å². The summed E-state index contributed by atoms with van der Waals surface area (Å²) in [4.78, 5) is 23.8. The number of ether oxygens (including phenoxy) is 2. The number of hydrogen-bond acceptors (Lipinski definition) is 4. The standard InChI is InChI=1S/C16H23NO4/c1-11(2)9-13(16(19)21-4)17-15(18)10-12-7-5-6-8-14(12)20-3/h5-8,11,13H,9-10H2,1-4H3,(H,17,18). The second kappa shape index (κ2) is 8.29. The van der Waals surface area contributed by atoms with Crippen LogP contribution in [0.5, 0.6) is 5.75 Å². The van der Waals surface area contributed by atoms with E-state index in [9.17, 15) is 9.59 Å². The number of carbonyl (C=O) groups excluding carboxylic acids is 2. The molecule has 1 unspecified atom stereocenters. The Hall–Kier alpha value is -2.04. The van der Waals surface area contributed by atoms with Gasteiger partial charge >= 0.3 is 5.97 Å². The van der Waals surface area contributed by atoms with Gasteiger partial charge in [0, 0.05) is 5.56 Å². The first kappa shape index (κ1) is 17.0. The van der Waals surface area contributed by atoms with E-state index in [1.54, 1.807) is 13.2 Å². The fourth-order valence-electron chi connectivity index (χ4n) is 2.10. The van der Waals surface area contributed by atoms with Crippen LogP contribution in [0.25, 0.3) is 0 Å². The molecule has 0 saturated heterocycles. The lowest BCUT2D eigenvalue weighted by Crippen LogP contribution is -2.43. The zero-order valence-electron chi connectivity index (χ0n) is 13.0. The summed E-state index contributed by atoms with van der Waals surface area (Å²) in [5, 5.41) is 2.73. The molecule has 0 heterocycles. The van der Waals surface area contributed by atoms with Crippen LogP contribution in [-0.4, -0.2) is 32.1 Å². The number of nitrogens with one attached hydrogen (secondary N) is 1. The smallest absolute Gasteiger partial charge is 0.328 e. The molecule has 0 saturated carbocycles. The Balaban J connectivity index is 2.71. The largest absolute Gasteiger partial charge is 0.496 e. The molecule has 21 heavy (non-hydrogen) atoms. The molecule has 1 aromatic rings. The van der Waals surface area contributed by atoms with E-state index >= 15 is 0 Å². The zero-order valence-corrected chi connectivity index (χ0v) is 13.0. The van der Waals surface area contributed by atoms with Crippen molar-refractivity contribution in [3.63, 3.8) is 0 Å². The Labute approximate surface area is 125 Å². The molecule has 0 aliphatic heterocycles. The topological polar surface area (TPSA) is 64.6 Å². The number of hydrogen-bond donors (Lipinski definition) is 1. The fourth-order valence-corrected chi connectivity index (χ4v) is 2.10. The van der Waals surface area contributed by atoms with Crippen LogP contribution in [0.3, 0.4) is 0 Å². The molecule has 0 fully saturated rings. The summed E-state index contributed by atoms with van der Waals surface area (Å²) in [7, 11) is 2.88. The van der Waals surface area contributed by atoms with E-state index in [4.69, 9.17) is 9.47 Å². The fraction of sp³-hybridized carbons (Fsp3) is 0.500. The van der Waals surface area contributed by atoms with Gasteiger partial charge in [0.05, 0.1) is 20.6 Å². The summed E-state index contributed by atoms with van der Waals surface area (Å²) in [6.45, 7) is 3.98. The molecule has 116 valence electrons. The van der Waals surface area contributed by atoms with Gasteiger partial charge in [-0.15, -0.1) is 0 Å². The molecule has 1 N–H and O–H groups in total. The minimum atomic E-state index is -0.614. The molecular weight excluding hydrogens is 270 g/mol. The van der Waals surface area contributed by atoms with E-state index in [2.05, 4.69) is 5.32 Å². The Bertz CT molecular complexity index is 485. The van der Waals surface area contributed by atoms with Crippen LogP contribution in [0.4, 0.5) is 0 Å². The molecule has 5 heteroatoms. The van der Waals surface area contributed by atoms with Crippen molar-refractivity contribution in [3.8, 4) is 5.75 Å². The van der Waals surface area contributed by atoms with Crippen molar-refractivity contribution in [2.24, 2.45) is 5.92 Å². The molecule has 1 rings (SSSR count). The molecule has 1 amide bonds. The van der Waals surface area contributed by atoms with Crippen LogP contribution in [0.2, 0.25) is 0 Å². The van der Waals surface area contributed by atoms with Crippen molar-refractivity contribution in [1.29, 1.82) is 0 Å². The Morgan fingerprint density at radius 2 is 1.86 bits per heavy atom. The van der Waals surface area contributed by atoms with Crippen LogP contribution < -0.4 is 10.1 Å². The first-order valence-corrected chi connectivity index (χ1v) is 6.97. The number of rotatable bonds is 7. The molecule has 0 aromatic heterocycles. The molecular formula is C16H23NO4. The van der Waals surface area contributed by atoms with E-state index in [-0.39, 0.29) is 18.2 Å². The third-order valence-corrected chi connectivity index (χ3v) is 3.07. The van der Waals surface area contributed by atoms with Gasteiger partial charge < -0.3 is 14.8 Å². The average Bonchev–Trinajstić information content (AvgIpc) is 2.45. The number of esters is 1. The molecule has 0 aliphatic rings. The highest BCUT2D eigenvalue weighted by Gasteiger charge is 2.22. The quantitative estimate of drug-likeness (QED) is 0.780. The van der Waals surface area contributed by atoms with Gasteiger partial charge in [-0.3, -0.25) is 4.79 Å². The van der Waals surface area contributed by atoms with Gasteiger partial charge in [0.2, 0.25) is 5.91 Å². The van der Waals surface area contributed by atoms with Gasteiger partial charge in [-0.05, 0) is 18.4 Å². The maximum atomic E-state index is 12.1. The average molecular weight is 293 g/mol. The first-order chi connectivity index (χ1) is 9.97. The second-order valence-corrected chi connectivity index (χ2v) is 5.26. The van der Waals surface area contributed by atoms with Crippen molar-refractivity contribution in [2.75, 3.05) is 14.2 Å². The summed E-state index contributed by atoms with van der Waals surface area (Å²) in [6, 6.07) is 6.70. The minimum absolute atomic E-state index is 0.162. The third kappa shape index (κ3) is 5.45. The van der Waals surface area contributed by atoms with Crippen LogP contribution in [0, 0.1) is 5.92 Å². The summed E-state index contributed by atoms with van der Waals surface area (Å²) < 4.78 is 9.94. The number of carbonyl (C=O) groups is 2. The highest BCUT2D eigenvalue weighted by atomic mass is 16.5. The van der Waals surface area contributed by atoms with E-state index in [0.717, 1.165) is 5.56 Å². The minimum Gasteiger partial charge on any atom is -0.496 e. The van der Waals surface area contributed by atoms with Gasteiger partial charge in [-0.1, -0.05) is 32.0 Å². The van der Waals surface area contributed by atoms with Crippen molar-refractivity contribution in [2.45, 2.75) is 32.7 Å². The Kier molecular flexibility index (Phi) is 6.72. The molecule has 0 bridgehead atoms. The lowest BCUT2D eigenvalue weighted by molar-refractivity contribution is -0.145. The van der Waals surface area contributed by atoms with Gasteiger partial charge in [0.15, 0.2) is 0 Å². The summed E-state index contributed by atoms with van der Waals surface area (Å²) in [5.41, 5.74) is 0.783. The molecule has 1 aromatic carbocycles. The number of para-hydroxylation sites is 1. The predicted octanol–water partition coefficient (Wildman–Crippen LogP) is 1.94. The number of methoxy groups -OCH3 is 2. The molecule has 0 aliphatic carbocycles. The van der Waals surface area contributed by atoms with Crippen LogP contribution in [-0.2, 0) is 20.7 Å². The molecule has 0 spiro atoms.